The summed E-state index contributed by atoms with van der Waals surface area (Å²) >= 11 is 14.0. The van der Waals surface area contributed by atoms with Crippen LogP contribution < -0.4 is 0 Å². The molecule has 1 heterocycles. The summed E-state index contributed by atoms with van der Waals surface area (Å²) in [6.45, 7) is 0. The molecule has 1 aromatic rings. The molecular formula is C6H6N3Na3S3. The van der Waals surface area contributed by atoms with Crippen LogP contribution in [0.1, 0.15) is 17.5 Å². The number of hydrogen-bond acceptors (Lipinski definition) is 6. The Bertz CT molecular complexity index is 283. The standard InChI is InChI=1S/C6H3N3S3.3Na.3H/c10-1-4-7-5(2-11)9-6(3-12)8-4;;;;;;/h1-3H;;;;;;. The second-order valence-electron chi connectivity index (χ2n) is 1.76. The van der Waals surface area contributed by atoms with E-state index in [2.05, 4.69) is 51.6 Å². The van der Waals surface area contributed by atoms with Crippen LogP contribution in [0, 0.1) is 0 Å². The van der Waals surface area contributed by atoms with Crippen molar-refractivity contribution in [2.75, 3.05) is 0 Å². The molecule has 0 amide bonds. The van der Waals surface area contributed by atoms with E-state index in [1.54, 1.807) is 0 Å². The van der Waals surface area contributed by atoms with E-state index in [0.717, 1.165) is 0 Å². The molecule has 0 radical (unpaired) electrons. The molecule has 1 aromatic heterocycles. The van der Waals surface area contributed by atoms with Crippen molar-refractivity contribution in [3.05, 3.63) is 17.5 Å². The number of rotatable bonds is 3. The predicted octanol–water partition coefficient (Wildman–Crippen LogP) is -1.03. The van der Waals surface area contributed by atoms with Crippen LogP contribution in [0.2, 0.25) is 0 Å². The molecule has 15 heavy (non-hydrogen) atoms. The summed E-state index contributed by atoms with van der Waals surface area (Å²) in [5.74, 6) is 1.23. The average molecular weight is 285 g/mol. The van der Waals surface area contributed by atoms with Gasteiger partial charge in [0.1, 0.15) is 0 Å². The van der Waals surface area contributed by atoms with Crippen LogP contribution in [0.25, 0.3) is 0 Å². The molecule has 1 rings (SSSR count). The van der Waals surface area contributed by atoms with Gasteiger partial charge in [0.25, 0.3) is 0 Å². The van der Waals surface area contributed by atoms with Gasteiger partial charge in [-0.3, -0.25) is 0 Å². The van der Waals surface area contributed by atoms with Gasteiger partial charge in [-0.05, 0) is 0 Å². The Labute approximate surface area is 171 Å². The van der Waals surface area contributed by atoms with Crippen molar-refractivity contribution in [3.8, 4) is 0 Å². The molecule has 0 aliphatic heterocycles. The maximum absolute atomic E-state index is 4.66. The molecule has 0 bridgehead atoms. The van der Waals surface area contributed by atoms with Crippen LogP contribution in [-0.2, 0) is 0 Å². The third-order valence-corrected chi connectivity index (χ3v) is 1.64. The van der Waals surface area contributed by atoms with Gasteiger partial charge in [0.15, 0.2) is 17.5 Å². The summed E-state index contributed by atoms with van der Waals surface area (Å²) in [5.41, 5.74) is 0. The molecule has 0 spiro atoms. The molecule has 66 valence electrons. The minimum absolute atomic E-state index is 0. The molecule has 0 fully saturated rings. The van der Waals surface area contributed by atoms with Crippen LogP contribution in [-0.4, -0.2) is 120 Å². The topological polar surface area (TPSA) is 38.7 Å². The summed E-state index contributed by atoms with van der Waals surface area (Å²) in [6.07, 6.45) is 0. The van der Waals surface area contributed by atoms with E-state index in [1.807, 2.05) is 0 Å². The molecule has 9 heteroatoms. The zero-order valence-corrected chi connectivity index (χ0v) is 8.25. The van der Waals surface area contributed by atoms with Crippen molar-refractivity contribution in [1.82, 2.24) is 15.0 Å². The molecule has 3 nitrogen and oxygen atoms in total. The van der Waals surface area contributed by atoms with Crippen LogP contribution in [0.4, 0.5) is 0 Å². The summed E-state index contributed by atoms with van der Waals surface area (Å²) < 4.78 is 0. The molecule has 0 saturated carbocycles. The second kappa shape index (κ2) is 12.7. The van der Waals surface area contributed by atoms with Gasteiger partial charge in [-0.25, -0.2) is 15.0 Å². The second-order valence-corrected chi connectivity index (χ2v) is 2.47. The third kappa shape index (κ3) is 8.07. The van der Waals surface area contributed by atoms with Crippen LogP contribution in [0.5, 0.6) is 0 Å². The zero-order valence-electron chi connectivity index (χ0n) is 5.80. The van der Waals surface area contributed by atoms with Crippen LogP contribution >= 0.6 is 36.7 Å². The number of aromatic nitrogens is 3. The molecule has 0 aliphatic rings. The average Bonchev–Trinajstić information content (AvgIpc) is 2.16. The van der Waals surface area contributed by atoms with E-state index < -0.39 is 0 Å². The van der Waals surface area contributed by atoms with Crippen molar-refractivity contribution in [1.29, 1.82) is 0 Å². The fraction of sp³-hybridized carbons (Fsp3) is 0. The molecule has 0 N–H and O–H groups in total. The molecule has 0 unspecified atom stereocenters. The van der Waals surface area contributed by atoms with E-state index in [-0.39, 0.29) is 88.7 Å². The van der Waals surface area contributed by atoms with E-state index in [1.165, 1.54) is 16.1 Å². The van der Waals surface area contributed by atoms with Gasteiger partial charge in [0.2, 0.25) is 0 Å². The SMILES string of the molecule is S=Cc1nc(C=S)nc(C=S)n1.[NaH].[NaH].[NaH]. The van der Waals surface area contributed by atoms with E-state index in [0.29, 0.717) is 17.5 Å². The predicted molar refractivity (Wildman–Crippen MR) is 79.5 cm³/mol. The maximum atomic E-state index is 4.66. The molecule has 0 aliphatic carbocycles. The van der Waals surface area contributed by atoms with Gasteiger partial charge in [0.05, 0.1) is 0 Å². The van der Waals surface area contributed by atoms with Crippen molar-refractivity contribution in [2.45, 2.75) is 0 Å². The van der Waals surface area contributed by atoms with Gasteiger partial charge in [0, 0.05) is 16.1 Å². The fourth-order valence-electron chi connectivity index (χ4n) is 0.585. The van der Waals surface area contributed by atoms with Crippen molar-refractivity contribution in [3.63, 3.8) is 0 Å². The molecular weight excluding hydrogens is 279 g/mol. The van der Waals surface area contributed by atoms with E-state index in [9.17, 15) is 0 Å². The van der Waals surface area contributed by atoms with Crippen molar-refractivity contribution < 1.29 is 0 Å². The summed E-state index contributed by atoms with van der Waals surface area (Å²) in [6, 6.07) is 0. The first kappa shape index (κ1) is 22.5. The number of hydrogen-bond donors (Lipinski definition) is 0. The normalized spacial score (nSPS) is 7.20. The Morgan fingerprint density at radius 1 is 0.600 bits per heavy atom. The van der Waals surface area contributed by atoms with E-state index in [4.69, 9.17) is 0 Å². The fourth-order valence-corrected chi connectivity index (χ4v) is 0.901. The molecule has 0 atom stereocenters. The van der Waals surface area contributed by atoms with Crippen LogP contribution in [0.3, 0.4) is 0 Å². The Morgan fingerprint density at radius 2 is 0.800 bits per heavy atom. The monoisotopic (exact) mass is 285 g/mol. The Balaban J connectivity index is -0.000000480. The number of thiocarbonyl (C=S) groups is 3. The van der Waals surface area contributed by atoms with Gasteiger partial charge >= 0.3 is 88.7 Å². The van der Waals surface area contributed by atoms with Crippen LogP contribution in [0.15, 0.2) is 0 Å². The molecule has 0 aromatic carbocycles. The first-order valence-corrected chi connectivity index (χ1v) is 4.33. The van der Waals surface area contributed by atoms with E-state index >= 15 is 0 Å². The summed E-state index contributed by atoms with van der Waals surface area (Å²) in [4.78, 5) is 11.7. The van der Waals surface area contributed by atoms with Crippen molar-refractivity contribution in [2.24, 2.45) is 0 Å². The Kier molecular flexibility index (Phi) is 19.1. The number of nitrogens with zero attached hydrogens (tertiary/aromatic N) is 3. The third-order valence-electron chi connectivity index (χ3n) is 1.00. The summed E-state index contributed by atoms with van der Waals surface area (Å²) in [7, 11) is 0. The first-order valence-electron chi connectivity index (χ1n) is 2.91. The van der Waals surface area contributed by atoms with Gasteiger partial charge in [-0.1, -0.05) is 36.7 Å². The summed E-state index contributed by atoms with van der Waals surface area (Å²) in [5, 5.41) is 4.06. The van der Waals surface area contributed by atoms with Gasteiger partial charge in [-0.15, -0.1) is 0 Å². The minimum atomic E-state index is 0. The van der Waals surface area contributed by atoms with Gasteiger partial charge in [-0.2, -0.15) is 0 Å². The molecule has 0 saturated heterocycles. The van der Waals surface area contributed by atoms with Crippen molar-refractivity contribution >= 4 is 141 Å². The Morgan fingerprint density at radius 3 is 0.933 bits per heavy atom. The Hall–Kier alpha value is 2.28. The zero-order chi connectivity index (χ0) is 8.97. The first-order chi connectivity index (χ1) is 5.80. The quantitative estimate of drug-likeness (QED) is 0.522. The van der Waals surface area contributed by atoms with Gasteiger partial charge < -0.3 is 0 Å².